The Morgan fingerprint density at radius 3 is 2.31 bits per heavy atom. The van der Waals surface area contributed by atoms with Gasteiger partial charge in [0, 0.05) is 36.0 Å². The summed E-state index contributed by atoms with van der Waals surface area (Å²) in [5.41, 5.74) is 4.46. The van der Waals surface area contributed by atoms with Gasteiger partial charge in [-0.15, -0.1) is 11.3 Å². The Kier molecular flexibility index (Phi) is 6.79. The molecule has 0 bridgehead atoms. The molecule has 0 aliphatic carbocycles. The van der Waals surface area contributed by atoms with Crippen molar-refractivity contribution < 1.29 is 14.3 Å². The smallest absolute Gasteiger partial charge is 0.257 e. The molecular formula is C28H27N3O3S. The fraction of sp³-hybridized carbons (Fsp3) is 0.214. The number of hydrogen-bond acceptors (Lipinski definition) is 4. The average molecular weight is 486 g/mol. The number of rotatable bonds is 6. The molecule has 0 unspecified atom stereocenters. The summed E-state index contributed by atoms with van der Waals surface area (Å²) in [7, 11) is 0. The van der Waals surface area contributed by atoms with Crippen molar-refractivity contribution in [2.24, 2.45) is 0 Å². The van der Waals surface area contributed by atoms with Crippen LogP contribution in [-0.4, -0.2) is 47.6 Å². The Morgan fingerprint density at radius 1 is 0.943 bits per heavy atom. The van der Waals surface area contributed by atoms with Gasteiger partial charge in [0.25, 0.3) is 5.91 Å². The lowest BCUT2D eigenvalue weighted by Gasteiger charge is -2.27. The maximum atomic E-state index is 13.5. The zero-order chi connectivity index (χ0) is 24.2. The van der Waals surface area contributed by atoms with Crippen LogP contribution < -0.4 is 5.32 Å². The molecule has 0 radical (unpaired) electrons. The molecule has 1 N–H and O–H groups in total. The molecule has 1 saturated heterocycles. The maximum absolute atomic E-state index is 13.5. The third kappa shape index (κ3) is 5.06. The second-order valence-corrected chi connectivity index (χ2v) is 9.53. The molecule has 6 nitrogen and oxygen atoms in total. The summed E-state index contributed by atoms with van der Waals surface area (Å²) in [5, 5.41) is 3.65. The van der Waals surface area contributed by atoms with Gasteiger partial charge in [-0.2, -0.15) is 0 Å². The van der Waals surface area contributed by atoms with Crippen molar-refractivity contribution in [2.75, 3.05) is 31.6 Å². The van der Waals surface area contributed by atoms with Crippen LogP contribution in [-0.2, 0) is 16.0 Å². The van der Waals surface area contributed by atoms with Crippen LogP contribution in [0.4, 0.5) is 5.00 Å². The number of morpholine rings is 1. The van der Waals surface area contributed by atoms with E-state index in [4.69, 9.17) is 4.74 Å². The molecule has 35 heavy (non-hydrogen) atoms. The van der Waals surface area contributed by atoms with Crippen molar-refractivity contribution >= 4 is 28.2 Å². The molecule has 1 aliphatic rings. The highest BCUT2D eigenvalue weighted by Crippen LogP contribution is 2.40. The van der Waals surface area contributed by atoms with Crippen LogP contribution in [0.5, 0.6) is 0 Å². The molecule has 0 saturated carbocycles. The topological polar surface area (TPSA) is 63.6 Å². The van der Waals surface area contributed by atoms with E-state index in [0.717, 1.165) is 27.3 Å². The van der Waals surface area contributed by atoms with Crippen LogP contribution in [0.1, 0.15) is 21.5 Å². The summed E-state index contributed by atoms with van der Waals surface area (Å²) < 4.78 is 7.44. The summed E-state index contributed by atoms with van der Waals surface area (Å²) in [6.45, 7) is 4.12. The number of anilines is 1. The standard InChI is InChI=1S/C28H27N3O3S/c1-20-25(28(33)31-15-17-34-18-16-31)27(35-26(20)22-7-3-2-4-8-22)29-24(32)19-21-9-11-23(12-10-21)30-13-5-6-14-30/h2-14H,15-19H2,1H3,(H,29,32). The van der Waals surface area contributed by atoms with E-state index in [1.54, 1.807) is 0 Å². The van der Waals surface area contributed by atoms with E-state index in [9.17, 15) is 9.59 Å². The van der Waals surface area contributed by atoms with Gasteiger partial charge in [0.15, 0.2) is 0 Å². The molecule has 5 rings (SSSR count). The van der Waals surface area contributed by atoms with Crippen LogP contribution in [0.3, 0.4) is 0 Å². The van der Waals surface area contributed by atoms with Gasteiger partial charge in [-0.05, 0) is 47.9 Å². The molecule has 1 fully saturated rings. The van der Waals surface area contributed by atoms with E-state index in [1.807, 2.05) is 95.5 Å². The number of carbonyl (C=O) groups is 2. The van der Waals surface area contributed by atoms with Crippen molar-refractivity contribution in [3.8, 4) is 16.1 Å². The lowest BCUT2D eigenvalue weighted by atomic mass is 10.1. The number of amides is 2. The van der Waals surface area contributed by atoms with Gasteiger partial charge in [-0.1, -0.05) is 42.5 Å². The Bertz CT molecular complexity index is 1310. The highest BCUT2D eigenvalue weighted by atomic mass is 32.1. The zero-order valence-electron chi connectivity index (χ0n) is 19.6. The predicted octanol–water partition coefficient (Wildman–Crippen LogP) is 5.17. The third-order valence-electron chi connectivity index (χ3n) is 6.15. The number of aromatic nitrogens is 1. The maximum Gasteiger partial charge on any atom is 0.257 e. The number of nitrogens with one attached hydrogen (secondary N) is 1. The summed E-state index contributed by atoms with van der Waals surface area (Å²) in [6, 6.07) is 21.9. The first-order valence-corrected chi connectivity index (χ1v) is 12.5. The minimum Gasteiger partial charge on any atom is -0.378 e. The molecular weight excluding hydrogens is 458 g/mol. The lowest BCUT2D eigenvalue weighted by molar-refractivity contribution is -0.115. The highest BCUT2D eigenvalue weighted by molar-refractivity contribution is 7.20. The second kappa shape index (κ2) is 10.3. The van der Waals surface area contributed by atoms with Crippen molar-refractivity contribution in [2.45, 2.75) is 13.3 Å². The van der Waals surface area contributed by atoms with Crippen LogP contribution in [0, 0.1) is 6.92 Å². The number of benzene rings is 2. The molecule has 0 spiro atoms. The van der Waals surface area contributed by atoms with Gasteiger partial charge in [0.1, 0.15) is 5.00 Å². The monoisotopic (exact) mass is 485 g/mol. The van der Waals surface area contributed by atoms with E-state index >= 15 is 0 Å². The van der Waals surface area contributed by atoms with Gasteiger partial charge < -0.3 is 19.5 Å². The number of ether oxygens (including phenoxy) is 1. The van der Waals surface area contributed by atoms with Gasteiger partial charge in [0.2, 0.25) is 5.91 Å². The summed E-state index contributed by atoms with van der Waals surface area (Å²) in [6.07, 6.45) is 4.20. The van der Waals surface area contributed by atoms with Crippen molar-refractivity contribution in [1.29, 1.82) is 0 Å². The number of carbonyl (C=O) groups excluding carboxylic acids is 2. The van der Waals surface area contributed by atoms with Gasteiger partial charge in [-0.3, -0.25) is 9.59 Å². The Balaban J connectivity index is 1.39. The quantitative estimate of drug-likeness (QED) is 0.410. The molecule has 0 atom stereocenters. The zero-order valence-corrected chi connectivity index (χ0v) is 20.4. The first-order valence-electron chi connectivity index (χ1n) is 11.7. The van der Waals surface area contributed by atoms with E-state index in [0.29, 0.717) is 36.9 Å². The van der Waals surface area contributed by atoms with E-state index < -0.39 is 0 Å². The molecule has 3 heterocycles. The normalized spacial score (nSPS) is 13.6. The fourth-order valence-corrected chi connectivity index (χ4v) is 5.52. The number of hydrogen-bond donors (Lipinski definition) is 1. The molecule has 7 heteroatoms. The van der Waals surface area contributed by atoms with Crippen LogP contribution >= 0.6 is 11.3 Å². The van der Waals surface area contributed by atoms with Gasteiger partial charge in [-0.25, -0.2) is 0 Å². The van der Waals surface area contributed by atoms with E-state index in [1.165, 1.54) is 11.3 Å². The van der Waals surface area contributed by atoms with Crippen molar-refractivity contribution in [1.82, 2.24) is 9.47 Å². The van der Waals surface area contributed by atoms with Crippen LogP contribution in [0.25, 0.3) is 16.1 Å². The molecule has 178 valence electrons. The molecule has 4 aromatic rings. The van der Waals surface area contributed by atoms with Crippen LogP contribution in [0.15, 0.2) is 79.1 Å². The Labute approximate surface area is 208 Å². The minimum absolute atomic E-state index is 0.0596. The summed E-state index contributed by atoms with van der Waals surface area (Å²) >= 11 is 1.46. The molecule has 2 aromatic heterocycles. The van der Waals surface area contributed by atoms with Crippen LogP contribution in [0.2, 0.25) is 0 Å². The lowest BCUT2D eigenvalue weighted by Crippen LogP contribution is -2.41. The van der Waals surface area contributed by atoms with Crippen molar-refractivity contribution in [3.05, 3.63) is 95.8 Å². The second-order valence-electron chi connectivity index (χ2n) is 8.51. The third-order valence-corrected chi connectivity index (χ3v) is 7.41. The summed E-state index contributed by atoms with van der Waals surface area (Å²) in [5.74, 6) is -0.203. The highest BCUT2D eigenvalue weighted by Gasteiger charge is 2.28. The first-order chi connectivity index (χ1) is 17.1. The first kappa shape index (κ1) is 23.1. The fourth-order valence-electron chi connectivity index (χ4n) is 4.30. The van der Waals surface area contributed by atoms with Gasteiger partial charge in [0.05, 0.1) is 25.2 Å². The minimum atomic E-state index is -0.143. The number of thiophene rings is 1. The van der Waals surface area contributed by atoms with Gasteiger partial charge >= 0.3 is 0 Å². The molecule has 2 amide bonds. The van der Waals surface area contributed by atoms with E-state index in [2.05, 4.69) is 5.32 Å². The SMILES string of the molecule is Cc1c(-c2ccccc2)sc(NC(=O)Cc2ccc(-n3cccc3)cc2)c1C(=O)N1CCOCC1. The molecule has 2 aromatic carbocycles. The molecule has 1 aliphatic heterocycles. The predicted molar refractivity (Wildman–Crippen MR) is 139 cm³/mol. The van der Waals surface area contributed by atoms with E-state index in [-0.39, 0.29) is 18.2 Å². The number of nitrogens with zero attached hydrogens (tertiary/aromatic N) is 2. The summed E-state index contributed by atoms with van der Waals surface area (Å²) in [4.78, 5) is 29.4. The average Bonchev–Trinajstić information content (AvgIpc) is 3.54. The van der Waals surface area contributed by atoms with Crippen molar-refractivity contribution in [3.63, 3.8) is 0 Å². The largest absolute Gasteiger partial charge is 0.378 e. The Morgan fingerprint density at radius 2 is 1.63 bits per heavy atom. The Hall–Kier alpha value is -3.68.